The molecule has 0 N–H and O–H groups in total. The van der Waals surface area contributed by atoms with Crippen LogP contribution >= 0.6 is 11.3 Å². The van der Waals surface area contributed by atoms with Crippen LogP contribution in [0.2, 0.25) is 0 Å². The number of fused-ring (bicyclic) bond motifs is 9. The maximum absolute atomic E-state index is 6.79. The minimum absolute atomic E-state index is 0.863. The number of nitrogens with zero attached hydrogens (tertiary/aromatic N) is 2. The lowest BCUT2D eigenvalue weighted by Crippen LogP contribution is -2.33. The van der Waals surface area contributed by atoms with Gasteiger partial charge in [-0.3, -0.25) is 0 Å². The first-order chi connectivity index (χ1) is 28.8. The molecule has 4 heteroatoms. The monoisotopic (exact) mass is 760 g/mol. The van der Waals surface area contributed by atoms with Gasteiger partial charge in [0.05, 0.1) is 27.1 Å². The zero-order chi connectivity index (χ0) is 38.2. The lowest BCUT2D eigenvalue weighted by Gasteiger charge is -2.29. The molecular weight excluding hydrogens is 725 g/mol. The molecule has 0 atom stereocenters. The summed E-state index contributed by atoms with van der Waals surface area (Å²) in [6.07, 6.45) is 4.15. The minimum Gasteiger partial charge on any atom is -0.454 e. The van der Waals surface area contributed by atoms with Crippen LogP contribution in [0.15, 0.2) is 192 Å². The number of furan rings is 1. The molecule has 1 aliphatic rings. The molecule has 1 aliphatic carbocycles. The van der Waals surface area contributed by atoms with E-state index < -0.39 is 0 Å². The number of aromatic nitrogens is 1. The van der Waals surface area contributed by atoms with E-state index >= 15 is 0 Å². The first kappa shape index (κ1) is 33.0. The van der Waals surface area contributed by atoms with Crippen LogP contribution < -0.4 is 15.5 Å². The van der Waals surface area contributed by atoms with Crippen LogP contribution in [-0.2, 0) is 0 Å². The number of para-hydroxylation sites is 3. The van der Waals surface area contributed by atoms with Crippen molar-refractivity contribution in [3.05, 3.63) is 199 Å². The van der Waals surface area contributed by atoms with Crippen LogP contribution in [0.4, 0.5) is 11.4 Å². The Labute approximate surface area is 339 Å². The van der Waals surface area contributed by atoms with Gasteiger partial charge in [-0.2, -0.15) is 0 Å². The number of anilines is 2. The average molecular weight is 761 g/mol. The molecule has 0 saturated carbocycles. The highest BCUT2D eigenvalue weighted by molar-refractivity contribution is 7.26. The van der Waals surface area contributed by atoms with Gasteiger partial charge in [0, 0.05) is 48.2 Å². The van der Waals surface area contributed by atoms with Crippen LogP contribution in [0.3, 0.4) is 0 Å². The summed E-state index contributed by atoms with van der Waals surface area (Å²) in [6.45, 7) is 0. The smallest absolute Gasteiger partial charge is 0.154 e. The third-order valence-electron chi connectivity index (χ3n) is 11.9. The summed E-state index contributed by atoms with van der Waals surface area (Å²) in [7, 11) is 0. The fourth-order valence-electron chi connectivity index (χ4n) is 9.26. The zero-order valence-corrected chi connectivity index (χ0v) is 32.4. The molecule has 0 amide bonds. The predicted octanol–water partition coefficient (Wildman–Crippen LogP) is 13.8. The first-order valence-corrected chi connectivity index (χ1v) is 20.8. The first-order valence-electron chi connectivity index (χ1n) is 20.0. The van der Waals surface area contributed by atoms with Crippen LogP contribution in [-0.4, -0.2) is 4.57 Å². The van der Waals surface area contributed by atoms with Crippen molar-refractivity contribution in [1.82, 2.24) is 4.57 Å². The molecule has 11 aromatic rings. The van der Waals surface area contributed by atoms with Gasteiger partial charge in [0.2, 0.25) is 0 Å². The molecule has 12 rings (SSSR count). The molecule has 0 spiro atoms. The number of hydrogen-bond acceptors (Lipinski definition) is 3. The molecule has 0 radical (unpaired) electrons. The van der Waals surface area contributed by atoms with E-state index in [1.54, 1.807) is 0 Å². The Hall–Kier alpha value is -7.14. The molecule has 8 aromatic carbocycles. The number of hydrogen-bond donors (Lipinski definition) is 0. The average Bonchev–Trinajstić information content (AvgIpc) is 3.98. The number of benzene rings is 8. The van der Waals surface area contributed by atoms with Gasteiger partial charge in [0.25, 0.3) is 0 Å². The Morgan fingerprint density at radius 3 is 2.07 bits per heavy atom. The fraction of sp³-hybridized carbons (Fsp3) is 0.0370. The second-order valence-corrected chi connectivity index (χ2v) is 16.2. The summed E-state index contributed by atoms with van der Waals surface area (Å²) in [5.74, 6) is 0. The molecule has 0 saturated heterocycles. The van der Waals surface area contributed by atoms with E-state index in [-0.39, 0.29) is 0 Å². The quantitative estimate of drug-likeness (QED) is 0.168. The minimum atomic E-state index is 0.863. The standard InChI is InChI=1S/C54H36N2OS/c1-3-14-36(15-4-1)40-32-33-48(54-52(40)45-20-9-12-25-51(45)58-54)56(47-23-13-21-44-43-19-8-11-24-50(43)57-53(44)47)39-29-26-35(27-30-39)37-28-31-42-41-18-7-10-22-46(41)55(49(42)34-37)38-16-5-2-6-17-38/h1-12,14-22,24-34H,13,23H2. The maximum Gasteiger partial charge on any atom is 0.154 e. The molecule has 3 aromatic heterocycles. The Bertz CT molecular complexity index is 3500. The van der Waals surface area contributed by atoms with Crippen LogP contribution in [0, 0.1) is 0 Å². The lowest BCUT2D eigenvalue weighted by molar-refractivity contribution is 0.566. The maximum atomic E-state index is 6.79. The van der Waals surface area contributed by atoms with E-state index in [0.29, 0.717) is 0 Å². The van der Waals surface area contributed by atoms with E-state index in [1.807, 2.05) is 11.3 Å². The van der Waals surface area contributed by atoms with Crippen molar-refractivity contribution in [3.63, 3.8) is 0 Å². The SMILES string of the molecule is C1=c2c(oc3ccccc23)=C(N(c2ccc(-c3ccc4c5ccccc5n(-c5ccccc5)c4c3)cc2)c2ccc(-c3ccccc3)c3c2sc2ccccc23)CC1. The van der Waals surface area contributed by atoms with Crippen molar-refractivity contribution < 1.29 is 4.42 Å². The molecule has 3 heterocycles. The largest absolute Gasteiger partial charge is 0.454 e. The predicted molar refractivity (Wildman–Crippen MR) is 246 cm³/mol. The van der Waals surface area contributed by atoms with E-state index in [0.717, 1.165) is 35.2 Å². The van der Waals surface area contributed by atoms with Crippen molar-refractivity contribution in [1.29, 1.82) is 0 Å². The molecule has 0 bridgehead atoms. The van der Waals surface area contributed by atoms with E-state index in [2.05, 4.69) is 204 Å². The van der Waals surface area contributed by atoms with E-state index in [1.165, 1.54) is 86.2 Å². The van der Waals surface area contributed by atoms with Gasteiger partial charge in [-0.15, -0.1) is 11.3 Å². The summed E-state index contributed by atoms with van der Waals surface area (Å²) in [5.41, 5.74) is 13.7. The summed E-state index contributed by atoms with van der Waals surface area (Å²) in [4.78, 5) is 2.49. The lowest BCUT2D eigenvalue weighted by atomic mass is 9.97. The zero-order valence-electron chi connectivity index (χ0n) is 31.6. The second kappa shape index (κ2) is 13.2. The highest BCUT2D eigenvalue weighted by atomic mass is 32.1. The molecule has 58 heavy (non-hydrogen) atoms. The Balaban J connectivity index is 1.07. The molecule has 0 fully saturated rings. The van der Waals surface area contributed by atoms with Gasteiger partial charge in [0.15, 0.2) is 5.42 Å². The topological polar surface area (TPSA) is 21.3 Å². The van der Waals surface area contributed by atoms with E-state index in [9.17, 15) is 0 Å². The van der Waals surface area contributed by atoms with Crippen molar-refractivity contribution in [3.8, 4) is 27.9 Å². The second-order valence-electron chi connectivity index (χ2n) is 15.1. The Morgan fingerprint density at radius 1 is 0.534 bits per heavy atom. The Morgan fingerprint density at radius 2 is 1.22 bits per heavy atom. The summed E-state index contributed by atoms with van der Waals surface area (Å²) >= 11 is 1.88. The van der Waals surface area contributed by atoms with Gasteiger partial charge < -0.3 is 13.9 Å². The van der Waals surface area contributed by atoms with Gasteiger partial charge in [-0.25, -0.2) is 0 Å². The van der Waals surface area contributed by atoms with Gasteiger partial charge >= 0.3 is 0 Å². The number of thiophene rings is 1. The van der Waals surface area contributed by atoms with Crippen LogP contribution in [0.5, 0.6) is 0 Å². The molecule has 3 nitrogen and oxygen atoms in total. The molecule has 0 unspecified atom stereocenters. The van der Waals surface area contributed by atoms with Crippen LogP contribution in [0.1, 0.15) is 12.8 Å². The van der Waals surface area contributed by atoms with Crippen molar-refractivity contribution in [2.45, 2.75) is 12.8 Å². The van der Waals surface area contributed by atoms with E-state index in [4.69, 9.17) is 4.42 Å². The van der Waals surface area contributed by atoms with Gasteiger partial charge in [0.1, 0.15) is 5.58 Å². The summed E-state index contributed by atoms with van der Waals surface area (Å²) in [5, 5.41) is 7.45. The van der Waals surface area contributed by atoms with Crippen molar-refractivity contribution >= 4 is 87.4 Å². The molecule has 0 aliphatic heterocycles. The fourth-order valence-corrected chi connectivity index (χ4v) is 10.5. The highest BCUT2D eigenvalue weighted by Gasteiger charge is 2.25. The highest BCUT2D eigenvalue weighted by Crippen LogP contribution is 2.48. The third-order valence-corrected chi connectivity index (χ3v) is 13.1. The Kier molecular flexibility index (Phi) is 7.54. The van der Waals surface area contributed by atoms with Crippen molar-refractivity contribution in [2.75, 3.05) is 4.90 Å². The van der Waals surface area contributed by atoms with Gasteiger partial charge in [-0.1, -0.05) is 140 Å². The molecular formula is C54H36N2OS. The van der Waals surface area contributed by atoms with Gasteiger partial charge in [-0.05, 0) is 89.7 Å². The summed E-state index contributed by atoms with van der Waals surface area (Å²) in [6, 6.07) is 68.2. The summed E-state index contributed by atoms with van der Waals surface area (Å²) < 4.78 is 11.7. The van der Waals surface area contributed by atoms with Crippen LogP contribution in [0.25, 0.3) is 92.7 Å². The normalized spacial score (nSPS) is 12.8. The van der Waals surface area contributed by atoms with Crippen molar-refractivity contribution in [2.24, 2.45) is 0 Å². The third kappa shape index (κ3) is 5.12. The number of rotatable bonds is 6. The molecule has 274 valence electrons.